The average molecular weight is 283 g/mol. The number of hydrazine groups is 1. The Bertz CT molecular complexity index is 610. The first kappa shape index (κ1) is 13.1. The smallest absolute Gasteiger partial charge is 0.197 e. The Morgan fingerprint density at radius 1 is 0.850 bits per heavy atom. The second-order valence-corrected chi connectivity index (χ2v) is 5.66. The van der Waals surface area contributed by atoms with E-state index in [2.05, 4.69) is 36.3 Å². The first-order valence-corrected chi connectivity index (χ1v) is 7.03. The molecule has 1 heterocycles. The maximum Gasteiger partial charge on any atom is 0.197 e. The highest BCUT2D eigenvalue weighted by Gasteiger charge is 2.41. The maximum absolute atomic E-state index is 5.66. The minimum Gasteiger partial charge on any atom is -0.298 e. The molecule has 1 saturated heterocycles. The number of nitrogens with zero attached hydrogens (tertiary/aromatic N) is 2. The van der Waals surface area contributed by atoms with E-state index in [9.17, 15) is 0 Å². The number of rotatable bonds is 2. The first-order chi connectivity index (χ1) is 9.59. The van der Waals surface area contributed by atoms with Crippen LogP contribution in [0.25, 0.3) is 0 Å². The first-order valence-electron chi connectivity index (χ1n) is 6.62. The van der Waals surface area contributed by atoms with E-state index >= 15 is 0 Å². The zero-order valence-electron chi connectivity index (χ0n) is 11.6. The fourth-order valence-electron chi connectivity index (χ4n) is 2.47. The van der Waals surface area contributed by atoms with Crippen molar-refractivity contribution in [1.29, 1.82) is 0 Å². The van der Waals surface area contributed by atoms with Crippen LogP contribution in [0.4, 0.5) is 11.4 Å². The number of hydrogen-bond donors (Lipinski definition) is 1. The van der Waals surface area contributed by atoms with Crippen LogP contribution in [-0.4, -0.2) is 10.8 Å². The van der Waals surface area contributed by atoms with Gasteiger partial charge < -0.3 is 0 Å². The largest absolute Gasteiger partial charge is 0.298 e. The SMILES string of the molecule is CC1(C)NN(c2ccccc2)C(=S)N1c1ccccc1. The zero-order valence-corrected chi connectivity index (χ0v) is 12.4. The van der Waals surface area contributed by atoms with Crippen LogP contribution >= 0.6 is 12.2 Å². The van der Waals surface area contributed by atoms with Gasteiger partial charge in [0.15, 0.2) is 5.11 Å². The van der Waals surface area contributed by atoms with E-state index in [-0.39, 0.29) is 5.66 Å². The van der Waals surface area contributed by atoms with E-state index in [0.29, 0.717) is 0 Å². The molecule has 0 aromatic heterocycles. The van der Waals surface area contributed by atoms with Gasteiger partial charge in [0.25, 0.3) is 0 Å². The standard InChI is InChI=1S/C16H17N3S/c1-16(2)17-19(14-11-7-4-8-12-14)15(20)18(16)13-9-5-3-6-10-13/h3-12,17H,1-2H3. The Hall–Kier alpha value is -1.91. The molecule has 0 radical (unpaired) electrons. The Kier molecular flexibility index (Phi) is 3.20. The molecule has 102 valence electrons. The molecule has 0 bridgehead atoms. The van der Waals surface area contributed by atoms with Crippen molar-refractivity contribution >= 4 is 28.7 Å². The Balaban J connectivity index is 1.99. The Morgan fingerprint density at radius 2 is 1.35 bits per heavy atom. The molecule has 0 amide bonds. The highest BCUT2D eigenvalue weighted by molar-refractivity contribution is 7.80. The van der Waals surface area contributed by atoms with Crippen LogP contribution in [-0.2, 0) is 0 Å². The lowest BCUT2D eigenvalue weighted by Crippen LogP contribution is -2.48. The molecule has 0 aliphatic carbocycles. The third kappa shape index (κ3) is 2.17. The summed E-state index contributed by atoms with van der Waals surface area (Å²) in [4.78, 5) is 2.13. The molecule has 0 atom stereocenters. The maximum atomic E-state index is 5.66. The summed E-state index contributed by atoms with van der Waals surface area (Å²) in [7, 11) is 0. The van der Waals surface area contributed by atoms with Crippen molar-refractivity contribution in [2.24, 2.45) is 0 Å². The van der Waals surface area contributed by atoms with E-state index in [1.807, 2.05) is 53.5 Å². The van der Waals surface area contributed by atoms with E-state index < -0.39 is 0 Å². The van der Waals surface area contributed by atoms with E-state index in [1.54, 1.807) is 0 Å². The lowest BCUT2D eigenvalue weighted by molar-refractivity contribution is 0.454. The summed E-state index contributed by atoms with van der Waals surface area (Å²) in [6, 6.07) is 20.3. The minimum absolute atomic E-state index is 0.270. The molecule has 2 aromatic carbocycles. The van der Waals surface area contributed by atoms with Crippen molar-refractivity contribution < 1.29 is 0 Å². The van der Waals surface area contributed by atoms with Crippen LogP contribution in [0.1, 0.15) is 13.8 Å². The predicted octanol–water partition coefficient (Wildman–Crippen LogP) is 3.54. The summed E-state index contributed by atoms with van der Waals surface area (Å²) in [5.41, 5.74) is 5.33. The van der Waals surface area contributed by atoms with Crippen molar-refractivity contribution in [3.63, 3.8) is 0 Å². The molecular formula is C16H17N3S. The third-order valence-corrected chi connectivity index (χ3v) is 3.72. The van der Waals surface area contributed by atoms with E-state index in [1.165, 1.54) is 0 Å². The molecule has 1 fully saturated rings. The van der Waals surface area contributed by atoms with Crippen LogP contribution in [0.5, 0.6) is 0 Å². The van der Waals surface area contributed by atoms with Crippen molar-refractivity contribution in [2.75, 3.05) is 9.91 Å². The van der Waals surface area contributed by atoms with Gasteiger partial charge in [-0.25, -0.2) is 10.4 Å². The summed E-state index contributed by atoms with van der Waals surface area (Å²) >= 11 is 5.66. The van der Waals surface area contributed by atoms with Gasteiger partial charge >= 0.3 is 0 Å². The average Bonchev–Trinajstić information content (AvgIpc) is 2.71. The third-order valence-electron chi connectivity index (χ3n) is 3.36. The lowest BCUT2D eigenvalue weighted by atomic mass is 10.2. The molecule has 2 aromatic rings. The molecule has 3 nitrogen and oxygen atoms in total. The predicted molar refractivity (Wildman–Crippen MR) is 87.7 cm³/mol. The summed E-state index contributed by atoms with van der Waals surface area (Å²) in [6.45, 7) is 4.24. The van der Waals surface area contributed by atoms with E-state index in [4.69, 9.17) is 12.2 Å². The van der Waals surface area contributed by atoms with Crippen molar-refractivity contribution in [3.05, 3.63) is 60.7 Å². The number of anilines is 2. The van der Waals surface area contributed by atoms with Gasteiger partial charge in [0.1, 0.15) is 5.66 Å². The Labute approximate surface area is 124 Å². The monoisotopic (exact) mass is 283 g/mol. The van der Waals surface area contributed by atoms with Gasteiger partial charge in [0.2, 0.25) is 0 Å². The fourth-order valence-corrected chi connectivity index (χ4v) is 2.96. The molecule has 0 spiro atoms. The van der Waals surface area contributed by atoms with Crippen molar-refractivity contribution in [3.8, 4) is 0 Å². The van der Waals surface area contributed by atoms with Gasteiger partial charge in [-0.2, -0.15) is 0 Å². The number of hydrogen-bond acceptors (Lipinski definition) is 2. The van der Waals surface area contributed by atoms with Crippen LogP contribution in [0, 0.1) is 0 Å². The lowest BCUT2D eigenvalue weighted by Gasteiger charge is -2.30. The van der Waals surface area contributed by atoms with Gasteiger partial charge in [-0.05, 0) is 50.3 Å². The van der Waals surface area contributed by atoms with Gasteiger partial charge in [0.05, 0.1) is 5.69 Å². The van der Waals surface area contributed by atoms with Crippen LogP contribution < -0.4 is 15.3 Å². The topological polar surface area (TPSA) is 18.5 Å². The van der Waals surface area contributed by atoms with Gasteiger partial charge in [0, 0.05) is 5.69 Å². The molecule has 4 heteroatoms. The van der Waals surface area contributed by atoms with Crippen LogP contribution in [0.15, 0.2) is 60.7 Å². The van der Waals surface area contributed by atoms with E-state index in [0.717, 1.165) is 16.5 Å². The highest BCUT2D eigenvalue weighted by atomic mass is 32.1. The molecule has 0 unspecified atom stereocenters. The van der Waals surface area contributed by atoms with Gasteiger partial charge in [-0.15, -0.1) is 0 Å². The normalized spacial score (nSPS) is 17.6. The molecule has 1 aliphatic heterocycles. The fraction of sp³-hybridized carbons (Fsp3) is 0.188. The number of para-hydroxylation sites is 2. The molecule has 0 saturated carbocycles. The summed E-state index contributed by atoms with van der Waals surface area (Å²) in [5, 5.41) is 2.72. The van der Waals surface area contributed by atoms with Gasteiger partial charge in [-0.3, -0.25) is 4.90 Å². The summed E-state index contributed by atoms with van der Waals surface area (Å²) < 4.78 is 0. The van der Waals surface area contributed by atoms with Crippen molar-refractivity contribution in [1.82, 2.24) is 5.43 Å². The van der Waals surface area contributed by atoms with Gasteiger partial charge in [-0.1, -0.05) is 36.4 Å². The quantitative estimate of drug-likeness (QED) is 0.849. The second kappa shape index (κ2) is 4.89. The van der Waals surface area contributed by atoms with Crippen LogP contribution in [0.2, 0.25) is 0 Å². The molecule has 1 aliphatic rings. The molecule has 1 N–H and O–H groups in total. The summed E-state index contributed by atoms with van der Waals surface area (Å²) in [6.07, 6.45) is 0. The minimum atomic E-state index is -0.270. The number of thiocarbonyl (C=S) groups is 1. The van der Waals surface area contributed by atoms with Crippen molar-refractivity contribution in [2.45, 2.75) is 19.5 Å². The number of benzene rings is 2. The van der Waals surface area contributed by atoms with Crippen LogP contribution in [0.3, 0.4) is 0 Å². The molecule has 3 rings (SSSR count). The summed E-state index contributed by atoms with van der Waals surface area (Å²) in [5.74, 6) is 0. The highest BCUT2D eigenvalue weighted by Crippen LogP contribution is 2.31. The second-order valence-electron chi connectivity index (χ2n) is 5.30. The zero-order chi connectivity index (χ0) is 14.2. The Morgan fingerprint density at radius 3 is 1.90 bits per heavy atom. The molecule has 20 heavy (non-hydrogen) atoms. The number of nitrogens with one attached hydrogen (secondary N) is 1. The molecular weight excluding hydrogens is 266 g/mol.